The molecule has 0 atom stereocenters. The van der Waals surface area contributed by atoms with Gasteiger partial charge in [0.25, 0.3) is 0 Å². The van der Waals surface area contributed by atoms with Crippen molar-refractivity contribution in [3.05, 3.63) is 58.9 Å². The first-order valence-corrected chi connectivity index (χ1v) is 10.3. The van der Waals surface area contributed by atoms with Crippen molar-refractivity contribution >= 4 is 23.6 Å². The predicted molar refractivity (Wildman–Crippen MR) is 110 cm³/mol. The van der Waals surface area contributed by atoms with Crippen molar-refractivity contribution in [3.8, 4) is 0 Å². The van der Waals surface area contributed by atoms with Crippen LogP contribution in [0.2, 0.25) is 0 Å². The van der Waals surface area contributed by atoms with Gasteiger partial charge in [0.1, 0.15) is 0 Å². The van der Waals surface area contributed by atoms with Crippen molar-refractivity contribution in [3.63, 3.8) is 0 Å². The molecule has 30 heavy (non-hydrogen) atoms. The predicted octanol–water partition coefficient (Wildman–Crippen LogP) is 3.07. The topological polar surface area (TPSA) is 79.7 Å². The molecule has 2 aliphatic rings. The van der Waals surface area contributed by atoms with E-state index in [1.54, 1.807) is 6.07 Å². The van der Waals surface area contributed by atoms with E-state index in [9.17, 15) is 19.2 Å². The molecule has 1 aliphatic carbocycles. The Bertz CT molecular complexity index is 1020. The number of rotatable bonds is 6. The molecule has 2 fully saturated rings. The summed E-state index contributed by atoms with van der Waals surface area (Å²) in [7, 11) is 0. The van der Waals surface area contributed by atoms with Gasteiger partial charge in [-0.3, -0.25) is 19.3 Å². The van der Waals surface area contributed by atoms with Crippen LogP contribution in [0, 0.1) is 13.8 Å². The van der Waals surface area contributed by atoms with Crippen LogP contribution in [0.3, 0.4) is 0 Å². The third-order valence-electron chi connectivity index (χ3n) is 6.13. The fourth-order valence-electron chi connectivity index (χ4n) is 4.47. The second kappa shape index (κ2) is 7.89. The van der Waals surface area contributed by atoms with Crippen LogP contribution in [0.15, 0.2) is 36.4 Å². The molecule has 1 aromatic heterocycles. The Balaban J connectivity index is 1.53. The number of hydrogen-bond donors (Lipinski definition) is 0. The highest BCUT2D eigenvalue weighted by molar-refractivity contribution is 6.45. The van der Waals surface area contributed by atoms with Crippen molar-refractivity contribution < 1.29 is 19.2 Å². The van der Waals surface area contributed by atoms with Gasteiger partial charge in [0, 0.05) is 29.5 Å². The van der Waals surface area contributed by atoms with E-state index in [1.807, 2.05) is 48.7 Å². The highest BCUT2D eigenvalue weighted by Gasteiger charge is 2.48. The zero-order chi connectivity index (χ0) is 21.4. The molecule has 4 amide bonds. The smallest absolute Gasteiger partial charge is 0.334 e. The molecule has 1 aromatic carbocycles. The van der Waals surface area contributed by atoms with Crippen LogP contribution in [0.5, 0.6) is 0 Å². The van der Waals surface area contributed by atoms with E-state index in [0.717, 1.165) is 39.6 Å². The van der Waals surface area contributed by atoms with Crippen molar-refractivity contribution in [2.45, 2.75) is 52.1 Å². The zero-order valence-corrected chi connectivity index (χ0v) is 17.3. The summed E-state index contributed by atoms with van der Waals surface area (Å²) in [6.45, 7) is 3.99. The highest BCUT2D eigenvalue weighted by atomic mass is 16.2. The summed E-state index contributed by atoms with van der Waals surface area (Å²) in [4.78, 5) is 52.3. The SMILES string of the molecule is Cc1cc(C(=O)CN2C(=O)C(=O)N(C3CCCC3)C2=O)c(C)n1Cc1ccccc1. The average Bonchev–Trinajstić information content (AvgIpc) is 3.40. The van der Waals surface area contributed by atoms with Gasteiger partial charge in [-0.15, -0.1) is 0 Å². The Kier molecular flexibility index (Phi) is 5.28. The van der Waals surface area contributed by atoms with Gasteiger partial charge >= 0.3 is 17.8 Å². The van der Waals surface area contributed by atoms with E-state index in [2.05, 4.69) is 0 Å². The van der Waals surface area contributed by atoms with Crippen molar-refractivity contribution in [2.24, 2.45) is 0 Å². The number of carbonyl (C=O) groups excluding carboxylic acids is 4. The number of nitrogens with zero attached hydrogens (tertiary/aromatic N) is 3. The van der Waals surface area contributed by atoms with E-state index >= 15 is 0 Å². The first kappa shape index (κ1) is 20.1. The molecule has 0 bridgehead atoms. The number of Topliss-reactive ketones (excluding diaryl/α,β-unsaturated/α-hetero) is 1. The number of benzene rings is 1. The number of imide groups is 2. The van der Waals surface area contributed by atoms with Crippen LogP contribution in [-0.2, 0) is 16.1 Å². The maximum atomic E-state index is 13.0. The minimum atomic E-state index is -0.904. The maximum Gasteiger partial charge on any atom is 0.334 e. The first-order chi connectivity index (χ1) is 14.4. The summed E-state index contributed by atoms with van der Waals surface area (Å²) in [5.41, 5.74) is 3.28. The zero-order valence-electron chi connectivity index (χ0n) is 17.3. The van der Waals surface area contributed by atoms with Crippen molar-refractivity contribution in [1.82, 2.24) is 14.4 Å². The average molecular weight is 407 g/mol. The summed E-state index contributed by atoms with van der Waals surface area (Å²) < 4.78 is 2.03. The lowest BCUT2D eigenvalue weighted by molar-refractivity contribution is -0.143. The summed E-state index contributed by atoms with van der Waals surface area (Å²) >= 11 is 0. The molecule has 1 saturated heterocycles. The fraction of sp³-hybridized carbons (Fsp3) is 0.391. The van der Waals surface area contributed by atoms with Crippen LogP contribution < -0.4 is 0 Å². The van der Waals surface area contributed by atoms with Gasteiger partial charge in [0.2, 0.25) is 0 Å². The van der Waals surface area contributed by atoms with Gasteiger partial charge in [0.15, 0.2) is 5.78 Å². The molecule has 7 heteroatoms. The van der Waals surface area contributed by atoms with Gasteiger partial charge in [-0.1, -0.05) is 43.2 Å². The van der Waals surface area contributed by atoms with Crippen molar-refractivity contribution in [2.75, 3.05) is 6.54 Å². The molecule has 1 aliphatic heterocycles. The minimum absolute atomic E-state index is 0.231. The van der Waals surface area contributed by atoms with Crippen LogP contribution in [0.4, 0.5) is 4.79 Å². The molecule has 7 nitrogen and oxygen atoms in total. The van der Waals surface area contributed by atoms with E-state index in [4.69, 9.17) is 0 Å². The summed E-state index contributed by atoms with van der Waals surface area (Å²) in [6, 6.07) is 10.8. The molecule has 0 unspecified atom stereocenters. The molecule has 0 spiro atoms. The van der Waals surface area contributed by atoms with Gasteiger partial charge in [-0.2, -0.15) is 0 Å². The van der Waals surface area contributed by atoms with E-state index in [1.165, 1.54) is 0 Å². The third-order valence-corrected chi connectivity index (χ3v) is 6.13. The Morgan fingerprint density at radius 1 is 1.00 bits per heavy atom. The van der Waals surface area contributed by atoms with Crippen LogP contribution in [-0.4, -0.2) is 50.6 Å². The van der Waals surface area contributed by atoms with Gasteiger partial charge < -0.3 is 4.57 Å². The van der Waals surface area contributed by atoms with E-state index in [0.29, 0.717) is 24.9 Å². The third kappa shape index (κ3) is 3.44. The van der Waals surface area contributed by atoms with Gasteiger partial charge in [-0.25, -0.2) is 9.69 Å². The first-order valence-electron chi connectivity index (χ1n) is 10.3. The molecule has 156 valence electrons. The number of hydrogen-bond acceptors (Lipinski definition) is 4. The number of ketones is 1. The second-order valence-electron chi connectivity index (χ2n) is 8.07. The number of aryl methyl sites for hydroxylation is 1. The van der Waals surface area contributed by atoms with E-state index < -0.39 is 24.4 Å². The van der Waals surface area contributed by atoms with Crippen LogP contribution in [0.25, 0.3) is 0 Å². The highest BCUT2D eigenvalue weighted by Crippen LogP contribution is 2.28. The molecular weight excluding hydrogens is 382 g/mol. The van der Waals surface area contributed by atoms with Crippen LogP contribution in [0.1, 0.15) is 53.0 Å². The summed E-state index contributed by atoms with van der Waals surface area (Å²) in [5, 5.41) is 0. The maximum absolute atomic E-state index is 13.0. The van der Waals surface area contributed by atoms with E-state index in [-0.39, 0.29) is 11.8 Å². The number of amides is 4. The minimum Gasteiger partial charge on any atom is -0.344 e. The largest absolute Gasteiger partial charge is 0.344 e. The lowest BCUT2D eigenvalue weighted by Crippen LogP contribution is -2.41. The second-order valence-corrected chi connectivity index (χ2v) is 8.07. The standard InChI is InChI=1S/C23H25N3O4/c1-15-12-19(16(2)24(15)13-17-8-4-3-5-9-17)20(27)14-25-21(28)22(29)26(23(25)30)18-10-6-7-11-18/h3-5,8-9,12,18H,6-7,10-11,13-14H2,1-2H3. The molecule has 0 radical (unpaired) electrons. The molecular formula is C23H25N3O4. The molecule has 2 aromatic rings. The van der Waals surface area contributed by atoms with Crippen LogP contribution >= 0.6 is 0 Å². The van der Waals surface area contributed by atoms with Crippen molar-refractivity contribution in [1.29, 1.82) is 0 Å². The van der Waals surface area contributed by atoms with Gasteiger partial charge in [0.05, 0.1) is 6.54 Å². The molecule has 2 heterocycles. The monoisotopic (exact) mass is 407 g/mol. The molecule has 4 rings (SSSR count). The Labute approximate surface area is 175 Å². The fourth-order valence-corrected chi connectivity index (χ4v) is 4.47. The van der Waals surface area contributed by atoms with Gasteiger partial charge in [-0.05, 0) is 38.3 Å². The summed E-state index contributed by atoms with van der Waals surface area (Å²) in [6.07, 6.45) is 3.30. The lowest BCUT2D eigenvalue weighted by atomic mass is 10.1. The number of urea groups is 1. The Hall–Kier alpha value is -3.22. The Morgan fingerprint density at radius 3 is 2.33 bits per heavy atom. The molecule has 1 saturated carbocycles. The normalized spacial score (nSPS) is 17.5. The Morgan fingerprint density at radius 2 is 1.67 bits per heavy atom. The lowest BCUT2D eigenvalue weighted by Gasteiger charge is -2.20. The molecule has 0 N–H and O–H groups in total. The quantitative estimate of drug-likeness (QED) is 0.419. The summed E-state index contributed by atoms with van der Waals surface area (Å²) in [5.74, 6) is -2.06. The number of aromatic nitrogens is 1. The number of carbonyl (C=O) groups is 4.